The maximum Gasteiger partial charge on any atom is 0.210 e. The van der Waals surface area contributed by atoms with Gasteiger partial charge in [-0.3, -0.25) is 4.79 Å². The number of hydrogen-bond acceptors (Lipinski definition) is 1. The molecule has 1 aliphatic heterocycles. The fourth-order valence-electron chi connectivity index (χ4n) is 1.24. The lowest BCUT2D eigenvalue weighted by Crippen LogP contribution is -2.51. The highest BCUT2D eigenvalue weighted by Crippen LogP contribution is 2.21. The van der Waals surface area contributed by atoms with Crippen molar-refractivity contribution < 1.29 is 4.79 Å². The lowest BCUT2D eigenvalue weighted by molar-refractivity contribution is -0.128. The van der Waals surface area contributed by atoms with Crippen molar-refractivity contribution in [2.45, 2.75) is 32.4 Å². The first-order valence-electron chi connectivity index (χ1n) is 2.98. The summed E-state index contributed by atoms with van der Waals surface area (Å²) in [6.45, 7) is 4.13. The Morgan fingerprint density at radius 3 is 2.12 bits per heavy atom. The van der Waals surface area contributed by atoms with Crippen molar-refractivity contribution in [2.24, 2.45) is 0 Å². The highest BCUT2D eigenvalue weighted by molar-refractivity contribution is 5.50. The highest BCUT2D eigenvalue weighted by Gasteiger charge is 2.29. The molecule has 0 unspecified atom stereocenters. The SMILES string of the molecule is C[C@@H]1C[C@@H](C)N1C=O. The lowest BCUT2D eigenvalue weighted by atomic mass is 9.97. The van der Waals surface area contributed by atoms with Crippen LogP contribution in [0.3, 0.4) is 0 Å². The summed E-state index contributed by atoms with van der Waals surface area (Å²) in [5.41, 5.74) is 0. The van der Waals surface area contributed by atoms with E-state index in [1.54, 1.807) is 0 Å². The predicted octanol–water partition coefficient (Wildman–Crippen LogP) is 0.625. The molecule has 2 atom stereocenters. The molecule has 0 saturated carbocycles. The number of likely N-dealkylation sites (tertiary alicyclic amines) is 1. The molecule has 0 aromatic rings. The van der Waals surface area contributed by atoms with E-state index < -0.39 is 0 Å². The van der Waals surface area contributed by atoms with Gasteiger partial charge in [-0.05, 0) is 20.3 Å². The second-order valence-corrected chi connectivity index (χ2v) is 2.49. The minimum atomic E-state index is 0.488. The van der Waals surface area contributed by atoms with Crippen LogP contribution in [-0.4, -0.2) is 23.4 Å². The molecule has 1 fully saturated rings. The molecule has 0 aliphatic carbocycles. The lowest BCUT2D eigenvalue weighted by Gasteiger charge is -2.42. The number of nitrogens with zero attached hydrogens (tertiary/aromatic N) is 1. The van der Waals surface area contributed by atoms with E-state index >= 15 is 0 Å². The molecular weight excluding hydrogens is 102 g/mol. The molecule has 8 heavy (non-hydrogen) atoms. The van der Waals surface area contributed by atoms with Gasteiger partial charge in [-0.15, -0.1) is 0 Å². The van der Waals surface area contributed by atoms with E-state index in [0.29, 0.717) is 12.1 Å². The number of rotatable bonds is 1. The van der Waals surface area contributed by atoms with Gasteiger partial charge in [0.2, 0.25) is 6.41 Å². The third kappa shape index (κ3) is 0.602. The van der Waals surface area contributed by atoms with Crippen molar-refractivity contribution in [1.29, 1.82) is 0 Å². The predicted molar refractivity (Wildman–Crippen MR) is 31.4 cm³/mol. The van der Waals surface area contributed by atoms with Gasteiger partial charge in [-0.2, -0.15) is 0 Å². The number of amides is 1. The van der Waals surface area contributed by atoms with Crippen LogP contribution in [0.25, 0.3) is 0 Å². The van der Waals surface area contributed by atoms with Gasteiger partial charge in [0.25, 0.3) is 0 Å². The Balaban J connectivity index is 2.39. The molecule has 0 aromatic heterocycles. The Morgan fingerprint density at radius 1 is 1.50 bits per heavy atom. The largest absolute Gasteiger partial charge is 0.340 e. The van der Waals surface area contributed by atoms with Crippen molar-refractivity contribution in [1.82, 2.24) is 4.90 Å². The first-order valence-corrected chi connectivity index (χ1v) is 2.98. The Kier molecular flexibility index (Phi) is 1.24. The van der Waals surface area contributed by atoms with Crippen LogP contribution in [0.1, 0.15) is 20.3 Å². The van der Waals surface area contributed by atoms with Gasteiger partial charge in [-0.25, -0.2) is 0 Å². The van der Waals surface area contributed by atoms with Gasteiger partial charge < -0.3 is 4.90 Å². The highest BCUT2D eigenvalue weighted by atomic mass is 16.1. The smallest absolute Gasteiger partial charge is 0.210 e. The molecule has 0 bridgehead atoms. The Bertz CT molecular complexity index is 94.7. The van der Waals surface area contributed by atoms with Crippen molar-refractivity contribution in [3.8, 4) is 0 Å². The van der Waals surface area contributed by atoms with E-state index in [2.05, 4.69) is 13.8 Å². The quantitative estimate of drug-likeness (QED) is 0.456. The summed E-state index contributed by atoms with van der Waals surface area (Å²) in [4.78, 5) is 12.0. The second-order valence-electron chi connectivity index (χ2n) is 2.49. The van der Waals surface area contributed by atoms with Gasteiger partial charge in [0.1, 0.15) is 0 Å². The molecule has 1 amide bonds. The zero-order valence-corrected chi connectivity index (χ0v) is 5.29. The van der Waals surface area contributed by atoms with E-state index in [4.69, 9.17) is 0 Å². The Labute approximate surface area is 49.5 Å². The average Bonchev–Trinajstić information content (AvgIpc) is 1.67. The standard InChI is InChI=1S/C6H11NO/c1-5-3-6(2)7(5)4-8/h4-6H,3H2,1-2H3/t5-,6-/m1/s1. The molecule has 1 heterocycles. The van der Waals surface area contributed by atoms with Gasteiger partial charge >= 0.3 is 0 Å². The molecule has 1 rings (SSSR count). The molecule has 0 spiro atoms. The summed E-state index contributed by atoms with van der Waals surface area (Å²) in [7, 11) is 0. The van der Waals surface area contributed by atoms with Crippen LogP contribution in [0.4, 0.5) is 0 Å². The normalized spacial score (nSPS) is 36.5. The fourth-order valence-corrected chi connectivity index (χ4v) is 1.24. The fraction of sp³-hybridized carbons (Fsp3) is 0.833. The summed E-state index contributed by atoms with van der Waals surface area (Å²) < 4.78 is 0. The topological polar surface area (TPSA) is 20.3 Å². The zero-order valence-electron chi connectivity index (χ0n) is 5.29. The van der Waals surface area contributed by atoms with E-state index in [1.807, 2.05) is 4.90 Å². The van der Waals surface area contributed by atoms with E-state index in [1.165, 1.54) is 6.42 Å². The van der Waals surface area contributed by atoms with Gasteiger partial charge in [0.15, 0.2) is 0 Å². The maximum atomic E-state index is 10.1. The van der Waals surface area contributed by atoms with Gasteiger partial charge in [0.05, 0.1) is 0 Å². The molecule has 1 saturated heterocycles. The summed E-state index contributed by atoms with van der Waals surface area (Å²) >= 11 is 0. The van der Waals surface area contributed by atoms with Crippen molar-refractivity contribution >= 4 is 6.41 Å². The Morgan fingerprint density at radius 2 is 2.00 bits per heavy atom. The van der Waals surface area contributed by atoms with Gasteiger partial charge in [0, 0.05) is 12.1 Å². The van der Waals surface area contributed by atoms with Crippen molar-refractivity contribution in [3.63, 3.8) is 0 Å². The molecule has 2 heteroatoms. The second kappa shape index (κ2) is 1.77. The van der Waals surface area contributed by atoms with Crippen molar-refractivity contribution in [2.75, 3.05) is 0 Å². The minimum absolute atomic E-state index is 0.488. The molecule has 0 aromatic carbocycles. The van der Waals surface area contributed by atoms with Crippen LogP contribution in [0.2, 0.25) is 0 Å². The molecule has 2 nitrogen and oxygen atoms in total. The third-order valence-electron chi connectivity index (χ3n) is 1.82. The third-order valence-corrected chi connectivity index (χ3v) is 1.82. The summed E-state index contributed by atoms with van der Waals surface area (Å²) in [5, 5.41) is 0. The molecule has 46 valence electrons. The van der Waals surface area contributed by atoms with Crippen LogP contribution in [-0.2, 0) is 4.79 Å². The van der Waals surface area contributed by atoms with Crippen LogP contribution >= 0.6 is 0 Å². The average molecular weight is 113 g/mol. The summed E-state index contributed by atoms with van der Waals surface area (Å²) in [6, 6.07) is 0.977. The van der Waals surface area contributed by atoms with E-state index in [0.717, 1.165) is 6.41 Å². The number of hydrogen-bond donors (Lipinski definition) is 0. The van der Waals surface area contributed by atoms with Crippen molar-refractivity contribution in [3.05, 3.63) is 0 Å². The maximum absolute atomic E-state index is 10.1. The number of carbonyl (C=O) groups excluding carboxylic acids is 1. The van der Waals surface area contributed by atoms with Crippen LogP contribution in [0.5, 0.6) is 0 Å². The van der Waals surface area contributed by atoms with Crippen LogP contribution in [0.15, 0.2) is 0 Å². The molecule has 0 radical (unpaired) electrons. The zero-order chi connectivity index (χ0) is 6.15. The first kappa shape index (κ1) is 5.60. The monoisotopic (exact) mass is 113 g/mol. The van der Waals surface area contributed by atoms with Crippen LogP contribution in [0, 0.1) is 0 Å². The molecule has 1 aliphatic rings. The van der Waals surface area contributed by atoms with E-state index in [9.17, 15) is 4.79 Å². The molecular formula is C6H11NO. The Hall–Kier alpha value is -0.530. The van der Waals surface area contributed by atoms with E-state index in [-0.39, 0.29) is 0 Å². The minimum Gasteiger partial charge on any atom is -0.340 e. The van der Waals surface area contributed by atoms with Crippen LogP contribution < -0.4 is 0 Å². The summed E-state index contributed by atoms with van der Waals surface area (Å²) in [6.07, 6.45) is 2.09. The molecule has 0 N–H and O–H groups in total. The first-order chi connectivity index (χ1) is 3.75. The number of carbonyl (C=O) groups is 1. The van der Waals surface area contributed by atoms with Gasteiger partial charge in [-0.1, -0.05) is 0 Å². The summed E-state index contributed by atoms with van der Waals surface area (Å²) in [5.74, 6) is 0.